The van der Waals surface area contributed by atoms with Crippen molar-refractivity contribution in [3.63, 3.8) is 0 Å². The van der Waals surface area contributed by atoms with Gasteiger partial charge in [0.15, 0.2) is 0 Å². The molecule has 1 aliphatic rings. The van der Waals surface area contributed by atoms with Crippen LogP contribution in [0.1, 0.15) is 37.6 Å². The quantitative estimate of drug-likeness (QED) is 0.750. The van der Waals surface area contributed by atoms with Crippen molar-refractivity contribution in [1.82, 2.24) is 15.6 Å². The van der Waals surface area contributed by atoms with E-state index in [4.69, 9.17) is 9.47 Å². The number of alkyl carbamates (subject to hydrolysis) is 1. The number of carbonyl (C=O) groups is 2. The van der Waals surface area contributed by atoms with Crippen LogP contribution in [0.2, 0.25) is 0 Å². The fourth-order valence-electron chi connectivity index (χ4n) is 2.12. The van der Waals surface area contributed by atoms with E-state index in [2.05, 4.69) is 15.6 Å². The lowest BCUT2D eigenvalue weighted by atomic mass is 10.2. The molecule has 0 aliphatic carbocycles. The Balaban J connectivity index is 1.69. The van der Waals surface area contributed by atoms with Crippen molar-refractivity contribution in [3.8, 4) is 5.88 Å². The number of hydrogen-bond donors (Lipinski definition) is 2. The molecule has 138 valence electrons. The molecule has 1 saturated heterocycles. The van der Waals surface area contributed by atoms with E-state index in [9.17, 15) is 9.59 Å². The standard InChI is InChI=1S/C17H25N3O4S/c1-17(2,3)24-16(22)19-8-7-18-15(21)12-4-5-14(20-10-12)23-13-6-9-25-11-13/h4-5,10,13H,6-9,11H2,1-3H3,(H,18,21)(H,19,22). The van der Waals surface area contributed by atoms with E-state index >= 15 is 0 Å². The summed E-state index contributed by atoms with van der Waals surface area (Å²) in [7, 11) is 0. The number of ether oxygens (including phenoxy) is 2. The molecule has 2 N–H and O–H groups in total. The average Bonchev–Trinajstić information content (AvgIpc) is 3.03. The molecule has 7 nitrogen and oxygen atoms in total. The Labute approximate surface area is 152 Å². The second-order valence-electron chi connectivity index (χ2n) is 6.67. The minimum absolute atomic E-state index is 0.205. The van der Waals surface area contributed by atoms with Gasteiger partial charge in [-0.1, -0.05) is 0 Å². The molecule has 1 unspecified atom stereocenters. The van der Waals surface area contributed by atoms with Crippen molar-refractivity contribution < 1.29 is 19.1 Å². The zero-order chi connectivity index (χ0) is 18.3. The van der Waals surface area contributed by atoms with E-state index in [-0.39, 0.29) is 18.6 Å². The first-order valence-corrected chi connectivity index (χ1v) is 9.44. The first-order valence-electron chi connectivity index (χ1n) is 8.29. The molecule has 2 amide bonds. The molecule has 25 heavy (non-hydrogen) atoms. The Morgan fingerprint density at radius 3 is 2.64 bits per heavy atom. The molecule has 1 aromatic rings. The van der Waals surface area contributed by atoms with Crippen LogP contribution in [-0.2, 0) is 4.74 Å². The minimum atomic E-state index is -0.542. The third-order valence-electron chi connectivity index (χ3n) is 3.25. The van der Waals surface area contributed by atoms with Gasteiger partial charge in [-0.05, 0) is 39.0 Å². The van der Waals surface area contributed by atoms with Gasteiger partial charge in [-0.3, -0.25) is 4.79 Å². The molecule has 0 radical (unpaired) electrons. The van der Waals surface area contributed by atoms with Gasteiger partial charge >= 0.3 is 6.09 Å². The maximum absolute atomic E-state index is 12.0. The maximum atomic E-state index is 12.0. The number of rotatable bonds is 6. The summed E-state index contributed by atoms with van der Waals surface area (Å²) in [5, 5.41) is 5.30. The van der Waals surface area contributed by atoms with Crippen molar-refractivity contribution in [2.45, 2.75) is 38.9 Å². The lowest BCUT2D eigenvalue weighted by Crippen LogP contribution is -2.37. The van der Waals surface area contributed by atoms with E-state index in [0.29, 0.717) is 18.0 Å². The maximum Gasteiger partial charge on any atom is 0.407 e. The summed E-state index contributed by atoms with van der Waals surface area (Å²) < 4.78 is 10.9. The third-order valence-corrected chi connectivity index (χ3v) is 4.38. The Hall–Kier alpha value is -1.96. The van der Waals surface area contributed by atoms with Gasteiger partial charge in [-0.15, -0.1) is 0 Å². The van der Waals surface area contributed by atoms with Gasteiger partial charge in [0.2, 0.25) is 5.88 Å². The first-order chi connectivity index (χ1) is 11.8. The highest BCUT2D eigenvalue weighted by Gasteiger charge is 2.18. The Bertz CT molecular complexity index is 581. The monoisotopic (exact) mass is 367 g/mol. The SMILES string of the molecule is CC(C)(C)OC(=O)NCCNC(=O)c1ccc(OC2CCSC2)nc1. The van der Waals surface area contributed by atoms with E-state index in [1.54, 1.807) is 32.9 Å². The summed E-state index contributed by atoms with van der Waals surface area (Å²) >= 11 is 1.87. The third kappa shape index (κ3) is 7.21. The molecule has 1 fully saturated rings. The van der Waals surface area contributed by atoms with E-state index in [1.807, 2.05) is 11.8 Å². The molecule has 2 rings (SSSR count). The summed E-state index contributed by atoms with van der Waals surface area (Å²) in [4.78, 5) is 27.7. The predicted octanol–water partition coefficient (Wildman–Crippen LogP) is 2.22. The van der Waals surface area contributed by atoms with Crippen molar-refractivity contribution in [3.05, 3.63) is 23.9 Å². The van der Waals surface area contributed by atoms with Crippen LogP contribution in [0, 0.1) is 0 Å². The molecule has 1 aromatic heterocycles. The van der Waals surface area contributed by atoms with Crippen molar-refractivity contribution >= 4 is 23.8 Å². The number of thioether (sulfide) groups is 1. The molecule has 0 saturated carbocycles. The minimum Gasteiger partial charge on any atom is -0.473 e. The highest BCUT2D eigenvalue weighted by Crippen LogP contribution is 2.21. The molecule has 0 aromatic carbocycles. The second-order valence-corrected chi connectivity index (χ2v) is 7.82. The second kappa shape index (κ2) is 8.94. The average molecular weight is 367 g/mol. The summed E-state index contributed by atoms with van der Waals surface area (Å²) in [6, 6.07) is 3.39. The smallest absolute Gasteiger partial charge is 0.407 e. The van der Waals surface area contributed by atoms with Gasteiger partial charge in [0.05, 0.1) is 5.56 Å². The van der Waals surface area contributed by atoms with Gasteiger partial charge in [0.1, 0.15) is 11.7 Å². The number of pyridine rings is 1. The Morgan fingerprint density at radius 1 is 1.28 bits per heavy atom. The summed E-state index contributed by atoms with van der Waals surface area (Å²) in [5.41, 5.74) is -0.0922. The van der Waals surface area contributed by atoms with Crippen LogP contribution in [-0.4, -0.2) is 53.3 Å². The number of hydrogen-bond acceptors (Lipinski definition) is 6. The van der Waals surface area contributed by atoms with Crippen LogP contribution < -0.4 is 15.4 Å². The van der Waals surface area contributed by atoms with E-state index in [1.165, 1.54) is 6.20 Å². The van der Waals surface area contributed by atoms with Crippen LogP contribution in [0.5, 0.6) is 5.88 Å². The van der Waals surface area contributed by atoms with Crippen molar-refractivity contribution in [2.75, 3.05) is 24.6 Å². The molecule has 2 heterocycles. The van der Waals surface area contributed by atoms with Gasteiger partial charge in [-0.2, -0.15) is 11.8 Å². The van der Waals surface area contributed by atoms with Gasteiger partial charge in [-0.25, -0.2) is 9.78 Å². The largest absolute Gasteiger partial charge is 0.473 e. The van der Waals surface area contributed by atoms with Crippen molar-refractivity contribution in [2.24, 2.45) is 0 Å². The summed E-state index contributed by atoms with van der Waals surface area (Å²) in [6.45, 7) is 5.96. The fraction of sp³-hybridized carbons (Fsp3) is 0.588. The molecule has 1 aliphatic heterocycles. The summed E-state index contributed by atoms with van der Waals surface area (Å²) in [6.07, 6.45) is 2.22. The molecule has 1 atom stereocenters. The first kappa shape index (κ1) is 19.4. The number of nitrogens with one attached hydrogen (secondary N) is 2. The van der Waals surface area contributed by atoms with E-state index < -0.39 is 11.7 Å². The number of nitrogens with zero attached hydrogens (tertiary/aromatic N) is 1. The summed E-state index contributed by atoms with van der Waals surface area (Å²) in [5.74, 6) is 2.38. The normalized spacial score (nSPS) is 17.0. The van der Waals surface area contributed by atoms with Crippen LogP contribution in [0.4, 0.5) is 4.79 Å². The van der Waals surface area contributed by atoms with Gasteiger partial charge in [0.25, 0.3) is 5.91 Å². The number of carbonyl (C=O) groups excluding carboxylic acids is 2. The fourth-order valence-corrected chi connectivity index (χ4v) is 3.21. The molecule has 0 bridgehead atoms. The topological polar surface area (TPSA) is 89.6 Å². The van der Waals surface area contributed by atoms with Crippen LogP contribution in [0.25, 0.3) is 0 Å². The van der Waals surface area contributed by atoms with Crippen LogP contribution >= 0.6 is 11.8 Å². The lowest BCUT2D eigenvalue weighted by molar-refractivity contribution is 0.0526. The predicted molar refractivity (Wildman–Crippen MR) is 97.2 cm³/mol. The Kier molecular flexibility index (Phi) is 6.92. The van der Waals surface area contributed by atoms with Crippen LogP contribution in [0.3, 0.4) is 0 Å². The van der Waals surface area contributed by atoms with Crippen LogP contribution in [0.15, 0.2) is 18.3 Å². The van der Waals surface area contributed by atoms with Gasteiger partial charge in [0, 0.05) is 31.1 Å². The zero-order valence-electron chi connectivity index (χ0n) is 14.8. The molecular weight excluding hydrogens is 342 g/mol. The molecule has 8 heteroatoms. The Morgan fingerprint density at radius 2 is 2.04 bits per heavy atom. The van der Waals surface area contributed by atoms with Gasteiger partial charge < -0.3 is 20.1 Å². The number of aromatic nitrogens is 1. The number of amides is 2. The molecule has 0 spiro atoms. The zero-order valence-corrected chi connectivity index (χ0v) is 15.6. The molecular formula is C17H25N3O4S. The lowest BCUT2D eigenvalue weighted by Gasteiger charge is -2.19. The highest BCUT2D eigenvalue weighted by molar-refractivity contribution is 7.99. The van der Waals surface area contributed by atoms with E-state index in [0.717, 1.165) is 17.9 Å². The van der Waals surface area contributed by atoms with Crippen molar-refractivity contribution in [1.29, 1.82) is 0 Å². The highest BCUT2D eigenvalue weighted by atomic mass is 32.2.